The Labute approximate surface area is 188 Å². The molecule has 9 heteroatoms. The van der Waals surface area contributed by atoms with E-state index in [0.717, 1.165) is 47.6 Å². The summed E-state index contributed by atoms with van der Waals surface area (Å²) in [4.78, 5) is 16.6. The molecule has 1 aliphatic heterocycles. The van der Waals surface area contributed by atoms with Crippen LogP contribution in [0.1, 0.15) is 9.67 Å². The summed E-state index contributed by atoms with van der Waals surface area (Å²) in [5.41, 5.74) is 1.85. The summed E-state index contributed by atoms with van der Waals surface area (Å²) in [6.45, 7) is 3.18. The number of halogens is 1. The number of carbonyl (C=O) groups is 1. The first-order valence-electron chi connectivity index (χ1n) is 9.36. The Bertz CT molecular complexity index is 1110. The van der Waals surface area contributed by atoms with E-state index in [4.69, 9.17) is 28.6 Å². The van der Waals surface area contributed by atoms with Crippen LogP contribution in [0.5, 0.6) is 5.75 Å². The van der Waals surface area contributed by atoms with Gasteiger partial charge in [0, 0.05) is 53.7 Å². The molecule has 2 heterocycles. The van der Waals surface area contributed by atoms with Crippen molar-refractivity contribution < 1.29 is 14.6 Å². The van der Waals surface area contributed by atoms with E-state index in [1.165, 1.54) is 18.4 Å². The van der Waals surface area contributed by atoms with Crippen LogP contribution in [0.2, 0.25) is 5.02 Å². The summed E-state index contributed by atoms with van der Waals surface area (Å²) in [6, 6.07) is 13.0. The molecule has 0 spiro atoms. The number of phenolic OH excluding ortho intramolecular Hbond substituents is 1. The van der Waals surface area contributed by atoms with Crippen LogP contribution in [0.3, 0.4) is 0 Å². The van der Waals surface area contributed by atoms with E-state index in [0.29, 0.717) is 15.0 Å². The van der Waals surface area contributed by atoms with Crippen molar-refractivity contribution in [1.29, 1.82) is 0 Å². The van der Waals surface area contributed by atoms with E-state index < -0.39 is 5.97 Å². The van der Waals surface area contributed by atoms with Crippen molar-refractivity contribution in [2.45, 2.75) is 0 Å². The highest BCUT2D eigenvalue weighted by atomic mass is 35.5. The van der Waals surface area contributed by atoms with Crippen molar-refractivity contribution in [3.05, 3.63) is 52.4 Å². The van der Waals surface area contributed by atoms with Crippen molar-refractivity contribution >= 4 is 67.7 Å². The fraction of sp³-hybridized carbons (Fsp3) is 0.238. The highest BCUT2D eigenvalue weighted by Gasteiger charge is 2.21. The van der Waals surface area contributed by atoms with Crippen LogP contribution in [0.25, 0.3) is 10.1 Å². The van der Waals surface area contributed by atoms with Crippen LogP contribution < -0.4 is 10.2 Å². The van der Waals surface area contributed by atoms with E-state index in [2.05, 4.69) is 15.1 Å². The number of rotatable bonds is 3. The van der Waals surface area contributed by atoms with Crippen molar-refractivity contribution in [1.82, 2.24) is 4.90 Å². The van der Waals surface area contributed by atoms with E-state index in [9.17, 15) is 9.90 Å². The first kappa shape index (κ1) is 20.7. The minimum absolute atomic E-state index is 0.270. The Morgan fingerprint density at radius 3 is 2.67 bits per heavy atom. The minimum Gasteiger partial charge on any atom is -0.508 e. The summed E-state index contributed by atoms with van der Waals surface area (Å²) >= 11 is 13.2. The monoisotopic (exact) mass is 461 g/mol. The number of anilines is 2. The average Bonchev–Trinajstić information content (AvgIpc) is 3.09. The van der Waals surface area contributed by atoms with Crippen molar-refractivity contribution in [2.24, 2.45) is 0 Å². The summed E-state index contributed by atoms with van der Waals surface area (Å²) < 4.78 is 5.68. The fourth-order valence-electron chi connectivity index (χ4n) is 3.43. The van der Waals surface area contributed by atoms with Gasteiger partial charge in [-0.25, -0.2) is 4.79 Å². The number of aromatic hydroxyl groups is 1. The third kappa shape index (κ3) is 4.16. The maximum Gasteiger partial charge on any atom is 0.349 e. The number of nitrogens with one attached hydrogen (secondary N) is 1. The smallest absolute Gasteiger partial charge is 0.349 e. The lowest BCUT2D eigenvalue weighted by Crippen LogP contribution is -2.50. The molecule has 156 valence electrons. The number of fused-ring (bicyclic) bond motifs is 1. The average molecular weight is 462 g/mol. The molecule has 1 saturated heterocycles. The van der Waals surface area contributed by atoms with Gasteiger partial charge in [-0.1, -0.05) is 17.7 Å². The first-order valence-corrected chi connectivity index (χ1v) is 11.0. The highest BCUT2D eigenvalue weighted by Crippen LogP contribution is 2.37. The Morgan fingerprint density at radius 1 is 1.20 bits per heavy atom. The lowest BCUT2D eigenvalue weighted by Gasteiger charge is -2.37. The zero-order chi connectivity index (χ0) is 21.3. The summed E-state index contributed by atoms with van der Waals surface area (Å²) in [5, 5.41) is 14.9. The Hall–Kier alpha value is -2.55. The summed E-state index contributed by atoms with van der Waals surface area (Å²) in [7, 11) is 1.34. The van der Waals surface area contributed by atoms with Gasteiger partial charge in [-0.15, -0.1) is 11.3 Å². The van der Waals surface area contributed by atoms with Gasteiger partial charge in [-0.05, 0) is 42.5 Å². The summed E-state index contributed by atoms with van der Waals surface area (Å²) in [5.74, 6) is -0.164. The molecule has 0 aliphatic carbocycles. The largest absolute Gasteiger partial charge is 0.508 e. The van der Waals surface area contributed by atoms with Gasteiger partial charge in [0.25, 0.3) is 0 Å². The molecule has 4 rings (SSSR count). The number of carbonyl (C=O) groups excluding carboxylic acids is 1. The van der Waals surface area contributed by atoms with Gasteiger partial charge in [-0.3, -0.25) is 0 Å². The number of esters is 1. The third-order valence-corrected chi connectivity index (χ3v) is 7.01. The lowest BCUT2D eigenvalue weighted by molar-refractivity contribution is 0.0606. The number of piperazine rings is 1. The van der Waals surface area contributed by atoms with Crippen molar-refractivity contribution in [3.8, 4) is 5.75 Å². The standard InChI is InChI=1S/C21H20ClN3O3S2/c1-28-20(27)19-18(22)16-6-5-13(11-17(16)30-19)23-21(29)25-9-7-24(8-10-25)14-3-2-4-15(26)12-14/h2-6,11-12,26H,7-10H2,1H3,(H,23,29). The van der Waals surface area contributed by atoms with Gasteiger partial charge in [0.2, 0.25) is 0 Å². The molecule has 0 radical (unpaired) electrons. The van der Waals surface area contributed by atoms with Crippen LogP contribution in [-0.2, 0) is 4.74 Å². The number of thiophene rings is 1. The molecule has 0 bridgehead atoms. The van der Waals surface area contributed by atoms with Gasteiger partial charge in [0.05, 0.1) is 12.1 Å². The second-order valence-corrected chi connectivity index (χ2v) is 8.69. The molecule has 30 heavy (non-hydrogen) atoms. The molecule has 1 aliphatic rings. The Balaban J connectivity index is 1.41. The zero-order valence-corrected chi connectivity index (χ0v) is 18.6. The molecular weight excluding hydrogens is 442 g/mol. The quantitative estimate of drug-likeness (QED) is 0.437. The molecule has 1 fully saturated rings. The van der Waals surface area contributed by atoms with Crippen LogP contribution in [0, 0.1) is 0 Å². The molecule has 2 aromatic carbocycles. The van der Waals surface area contributed by atoms with E-state index in [-0.39, 0.29) is 5.75 Å². The zero-order valence-electron chi connectivity index (χ0n) is 16.2. The lowest BCUT2D eigenvalue weighted by atomic mass is 10.2. The Kier molecular flexibility index (Phi) is 5.99. The van der Waals surface area contributed by atoms with Gasteiger partial charge in [0.1, 0.15) is 10.6 Å². The van der Waals surface area contributed by atoms with Crippen LogP contribution in [0.4, 0.5) is 11.4 Å². The summed E-state index contributed by atoms with van der Waals surface area (Å²) in [6.07, 6.45) is 0. The topological polar surface area (TPSA) is 65.0 Å². The number of benzene rings is 2. The van der Waals surface area contributed by atoms with Gasteiger partial charge in [-0.2, -0.15) is 0 Å². The SMILES string of the molecule is COC(=O)c1sc2cc(NC(=S)N3CCN(c4cccc(O)c4)CC3)ccc2c1Cl. The number of methoxy groups -OCH3 is 1. The molecule has 6 nitrogen and oxygen atoms in total. The fourth-order valence-corrected chi connectivity index (χ4v) is 5.19. The highest BCUT2D eigenvalue weighted by molar-refractivity contribution is 7.80. The Morgan fingerprint density at radius 2 is 1.97 bits per heavy atom. The van der Waals surface area contributed by atoms with E-state index in [1.807, 2.05) is 30.3 Å². The maximum absolute atomic E-state index is 11.9. The number of phenols is 1. The third-order valence-electron chi connectivity index (χ3n) is 5.01. The van der Waals surface area contributed by atoms with Crippen LogP contribution in [0.15, 0.2) is 42.5 Å². The number of thiocarbonyl (C=S) groups is 1. The molecule has 0 unspecified atom stereocenters. The van der Waals surface area contributed by atoms with Gasteiger partial charge >= 0.3 is 5.97 Å². The number of nitrogens with zero attached hydrogens (tertiary/aromatic N) is 2. The van der Waals surface area contributed by atoms with Crippen molar-refractivity contribution in [2.75, 3.05) is 43.5 Å². The van der Waals surface area contributed by atoms with E-state index >= 15 is 0 Å². The molecule has 1 aromatic heterocycles. The van der Waals surface area contributed by atoms with Crippen LogP contribution in [-0.4, -0.2) is 54.4 Å². The first-order chi connectivity index (χ1) is 14.5. The van der Waals surface area contributed by atoms with Gasteiger partial charge < -0.3 is 25.0 Å². The maximum atomic E-state index is 11.9. The van der Waals surface area contributed by atoms with Crippen molar-refractivity contribution in [3.63, 3.8) is 0 Å². The normalized spacial score (nSPS) is 14.1. The molecule has 0 saturated carbocycles. The predicted octanol–water partition coefficient (Wildman–Crippen LogP) is 4.57. The second kappa shape index (κ2) is 8.67. The molecule has 3 aromatic rings. The molecule has 0 amide bonds. The number of hydrogen-bond acceptors (Lipinski definition) is 6. The van der Waals surface area contributed by atoms with E-state index in [1.54, 1.807) is 12.1 Å². The molecule has 0 atom stereocenters. The predicted molar refractivity (Wildman–Crippen MR) is 126 cm³/mol. The second-order valence-electron chi connectivity index (χ2n) is 6.87. The van der Waals surface area contributed by atoms with Gasteiger partial charge in [0.15, 0.2) is 5.11 Å². The molecule has 2 N–H and O–H groups in total. The number of hydrogen-bond donors (Lipinski definition) is 2. The number of ether oxygens (including phenoxy) is 1. The van der Waals surface area contributed by atoms with Crippen LogP contribution >= 0.6 is 35.2 Å². The molecular formula is C21H20ClN3O3S2. The minimum atomic E-state index is -0.434.